The maximum Gasteiger partial charge on any atom is 0.251 e. The van der Waals surface area contributed by atoms with Gasteiger partial charge in [0, 0.05) is 30.2 Å². The molecular formula is C23H19N3O. The van der Waals surface area contributed by atoms with Crippen LogP contribution in [-0.4, -0.2) is 10.9 Å². The van der Waals surface area contributed by atoms with E-state index in [-0.39, 0.29) is 5.91 Å². The van der Waals surface area contributed by atoms with Gasteiger partial charge in [-0.05, 0) is 57.8 Å². The van der Waals surface area contributed by atoms with E-state index < -0.39 is 0 Å². The number of nitrogen functional groups attached to an aromatic ring is 1. The highest BCUT2D eigenvalue weighted by molar-refractivity contribution is 6.02. The van der Waals surface area contributed by atoms with Crippen molar-refractivity contribution in [1.29, 1.82) is 0 Å². The molecule has 0 aliphatic rings. The van der Waals surface area contributed by atoms with Gasteiger partial charge in [0.2, 0.25) is 0 Å². The van der Waals surface area contributed by atoms with Crippen molar-refractivity contribution >= 4 is 22.4 Å². The molecule has 3 N–H and O–H groups in total. The summed E-state index contributed by atoms with van der Waals surface area (Å²) in [5.41, 5.74) is 10.4. The molecule has 27 heavy (non-hydrogen) atoms. The zero-order chi connectivity index (χ0) is 18.6. The van der Waals surface area contributed by atoms with Gasteiger partial charge in [-0.25, -0.2) is 0 Å². The zero-order valence-corrected chi connectivity index (χ0v) is 14.7. The molecule has 4 nitrogen and oxygen atoms in total. The number of amides is 1. The Hall–Kier alpha value is -3.66. The summed E-state index contributed by atoms with van der Waals surface area (Å²) in [6.07, 6.45) is 3.46. The molecule has 0 aliphatic heterocycles. The zero-order valence-electron chi connectivity index (χ0n) is 14.7. The van der Waals surface area contributed by atoms with Gasteiger partial charge in [-0.15, -0.1) is 0 Å². The molecule has 1 heterocycles. The van der Waals surface area contributed by atoms with Crippen LogP contribution in [0.25, 0.3) is 21.9 Å². The van der Waals surface area contributed by atoms with Gasteiger partial charge in [0.25, 0.3) is 5.91 Å². The minimum absolute atomic E-state index is 0.102. The van der Waals surface area contributed by atoms with Gasteiger partial charge in [0.15, 0.2) is 0 Å². The van der Waals surface area contributed by atoms with Gasteiger partial charge < -0.3 is 11.1 Å². The van der Waals surface area contributed by atoms with Gasteiger partial charge in [-0.1, -0.05) is 42.5 Å². The third-order valence-electron chi connectivity index (χ3n) is 4.52. The SMILES string of the molecule is Nc1cccc(-c2cccc3cc(C(=O)NCc4cccnc4)ccc23)c1. The van der Waals surface area contributed by atoms with Crippen molar-refractivity contribution in [3.05, 3.63) is 96.3 Å². The van der Waals surface area contributed by atoms with Crippen molar-refractivity contribution in [1.82, 2.24) is 10.3 Å². The smallest absolute Gasteiger partial charge is 0.251 e. The average molecular weight is 353 g/mol. The van der Waals surface area contributed by atoms with Gasteiger partial charge >= 0.3 is 0 Å². The van der Waals surface area contributed by atoms with Crippen LogP contribution in [0.3, 0.4) is 0 Å². The first kappa shape index (κ1) is 16.8. The van der Waals surface area contributed by atoms with Crippen LogP contribution >= 0.6 is 0 Å². The van der Waals surface area contributed by atoms with E-state index in [1.807, 2.05) is 66.7 Å². The number of anilines is 1. The predicted molar refractivity (Wildman–Crippen MR) is 109 cm³/mol. The summed E-state index contributed by atoms with van der Waals surface area (Å²) in [4.78, 5) is 16.6. The maximum absolute atomic E-state index is 12.5. The molecule has 0 bridgehead atoms. The third-order valence-corrected chi connectivity index (χ3v) is 4.52. The second-order valence-corrected chi connectivity index (χ2v) is 6.41. The normalized spacial score (nSPS) is 10.7. The lowest BCUT2D eigenvalue weighted by atomic mass is 9.96. The number of carbonyl (C=O) groups excluding carboxylic acids is 1. The molecule has 132 valence electrons. The molecule has 0 radical (unpaired) electrons. The summed E-state index contributed by atoms with van der Waals surface area (Å²) in [5.74, 6) is -0.102. The van der Waals surface area contributed by atoms with Crippen LogP contribution < -0.4 is 11.1 Å². The minimum atomic E-state index is -0.102. The molecule has 4 rings (SSSR count). The molecular weight excluding hydrogens is 334 g/mol. The number of nitrogens with zero attached hydrogens (tertiary/aromatic N) is 1. The Morgan fingerprint density at radius 2 is 1.85 bits per heavy atom. The first-order valence-electron chi connectivity index (χ1n) is 8.76. The molecule has 3 aromatic carbocycles. The quantitative estimate of drug-likeness (QED) is 0.534. The number of aromatic nitrogens is 1. The Morgan fingerprint density at radius 3 is 2.67 bits per heavy atom. The minimum Gasteiger partial charge on any atom is -0.399 e. The maximum atomic E-state index is 12.5. The van der Waals surface area contributed by atoms with Crippen LogP contribution in [0, 0.1) is 0 Å². The van der Waals surface area contributed by atoms with E-state index >= 15 is 0 Å². The number of rotatable bonds is 4. The molecule has 0 aliphatic carbocycles. The fourth-order valence-corrected chi connectivity index (χ4v) is 3.17. The second-order valence-electron chi connectivity index (χ2n) is 6.41. The van der Waals surface area contributed by atoms with Crippen molar-refractivity contribution in [2.75, 3.05) is 5.73 Å². The number of nitrogens with two attached hydrogens (primary N) is 1. The number of hydrogen-bond acceptors (Lipinski definition) is 3. The summed E-state index contributed by atoms with van der Waals surface area (Å²) in [7, 11) is 0. The fourth-order valence-electron chi connectivity index (χ4n) is 3.17. The lowest BCUT2D eigenvalue weighted by molar-refractivity contribution is 0.0951. The van der Waals surface area contributed by atoms with E-state index in [4.69, 9.17) is 5.73 Å². The molecule has 1 amide bonds. The highest BCUT2D eigenvalue weighted by Crippen LogP contribution is 2.30. The van der Waals surface area contributed by atoms with Crippen molar-refractivity contribution in [3.63, 3.8) is 0 Å². The van der Waals surface area contributed by atoms with Gasteiger partial charge in [-0.3, -0.25) is 9.78 Å². The first-order valence-corrected chi connectivity index (χ1v) is 8.76. The Morgan fingerprint density at radius 1 is 0.963 bits per heavy atom. The van der Waals surface area contributed by atoms with Crippen LogP contribution in [-0.2, 0) is 6.54 Å². The monoisotopic (exact) mass is 353 g/mol. The number of carbonyl (C=O) groups is 1. The second kappa shape index (κ2) is 7.30. The van der Waals surface area contributed by atoms with Crippen LogP contribution in [0.15, 0.2) is 85.2 Å². The molecule has 0 unspecified atom stereocenters. The third kappa shape index (κ3) is 3.65. The van der Waals surface area contributed by atoms with Crippen LogP contribution in [0.1, 0.15) is 15.9 Å². The Balaban J connectivity index is 1.62. The topological polar surface area (TPSA) is 68.0 Å². The van der Waals surface area contributed by atoms with Crippen molar-refractivity contribution in [3.8, 4) is 11.1 Å². The van der Waals surface area contributed by atoms with Gasteiger partial charge in [-0.2, -0.15) is 0 Å². The number of nitrogens with one attached hydrogen (secondary N) is 1. The van der Waals surface area contributed by atoms with Crippen LogP contribution in [0.2, 0.25) is 0 Å². The van der Waals surface area contributed by atoms with Crippen LogP contribution in [0.5, 0.6) is 0 Å². The lowest BCUT2D eigenvalue weighted by Crippen LogP contribution is -2.22. The van der Waals surface area contributed by atoms with Crippen molar-refractivity contribution in [2.24, 2.45) is 0 Å². The van der Waals surface area contributed by atoms with Crippen molar-refractivity contribution < 1.29 is 4.79 Å². The molecule has 0 fully saturated rings. The van der Waals surface area contributed by atoms with E-state index in [0.717, 1.165) is 33.2 Å². The lowest BCUT2D eigenvalue weighted by Gasteiger charge is -2.10. The van der Waals surface area contributed by atoms with Crippen molar-refractivity contribution in [2.45, 2.75) is 6.54 Å². The standard InChI is InChI=1S/C23H19N3O/c24-20-7-1-5-18(13-20)21-8-2-6-17-12-19(9-10-22(17)21)23(27)26-15-16-4-3-11-25-14-16/h1-14H,15,24H2,(H,26,27). The summed E-state index contributed by atoms with van der Waals surface area (Å²) < 4.78 is 0. The molecule has 0 spiro atoms. The molecule has 0 saturated carbocycles. The summed E-state index contributed by atoms with van der Waals surface area (Å²) in [6.45, 7) is 0.452. The van der Waals surface area contributed by atoms with E-state index in [1.165, 1.54) is 0 Å². The number of benzene rings is 3. The van der Waals surface area contributed by atoms with E-state index in [2.05, 4.69) is 16.4 Å². The van der Waals surface area contributed by atoms with E-state index in [1.54, 1.807) is 12.4 Å². The fraction of sp³-hybridized carbons (Fsp3) is 0.0435. The summed E-state index contributed by atoms with van der Waals surface area (Å²) in [5, 5.41) is 5.05. The average Bonchev–Trinajstić information content (AvgIpc) is 2.72. The van der Waals surface area contributed by atoms with Crippen LogP contribution in [0.4, 0.5) is 5.69 Å². The summed E-state index contributed by atoms with van der Waals surface area (Å²) in [6, 6.07) is 23.5. The Bertz CT molecular complexity index is 1110. The largest absolute Gasteiger partial charge is 0.399 e. The Labute approximate surface area is 157 Å². The first-order chi connectivity index (χ1) is 13.2. The molecule has 1 aromatic heterocycles. The van der Waals surface area contributed by atoms with E-state index in [9.17, 15) is 4.79 Å². The Kier molecular flexibility index (Phi) is 4.54. The number of hydrogen-bond donors (Lipinski definition) is 2. The highest BCUT2D eigenvalue weighted by Gasteiger charge is 2.09. The molecule has 0 atom stereocenters. The number of pyridine rings is 1. The van der Waals surface area contributed by atoms with E-state index in [0.29, 0.717) is 12.1 Å². The molecule has 0 saturated heterocycles. The highest BCUT2D eigenvalue weighted by atomic mass is 16.1. The van der Waals surface area contributed by atoms with Gasteiger partial charge in [0.1, 0.15) is 0 Å². The molecule has 4 heteroatoms. The van der Waals surface area contributed by atoms with Gasteiger partial charge in [0.05, 0.1) is 0 Å². The summed E-state index contributed by atoms with van der Waals surface area (Å²) >= 11 is 0. The number of fused-ring (bicyclic) bond motifs is 1. The molecule has 4 aromatic rings. The predicted octanol–water partition coefficient (Wildman–Crippen LogP) is 4.41.